The highest BCUT2D eigenvalue weighted by molar-refractivity contribution is 5.66. The lowest BCUT2D eigenvalue weighted by Gasteiger charge is -2.16. The number of hydrogen-bond donors (Lipinski definition) is 2. The van der Waals surface area contributed by atoms with E-state index >= 15 is 0 Å². The van der Waals surface area contributed by atoms with Crippen LogP contribution < -0.4 is 10.9 Å². The molecule has 1 aromatic heterocycles. The average Bonchev–Trinajstić information content (AvgIpc) is 2.47. The Hall–Kier alpha value is -2.63. The van der Waals surface area contributed by atoms with Gasteiger partial charge in [0.2, 0.25) is 0 Å². The van der Waals surface area contributed by atoms with Gasteiger partial charge in [-0.1, -0.05) is 30.3 Å². The normalized spacial score (nSPS) is 11.9. The smallest absolute Gasteiger partial charge is 0.323 e. The Morgan fingerprint density at radius 1 is 1.38 bits per heavy atom. The number of carboxylic acid groups (broad SMARTS) is 1. The topological polar surface area (TPSA) is 84.2 Å². The molecule has 6 heteroatoms. The molecule has 0 amide bonds. The second-order valence-corrected chi connectivity index (χ2v) is 4.81. The first-order valence-corrected chi connectivity index (χ1v) is 6.58. The highest BCUT2D eigenvalue weighted by Crippen LogP contribution is 2.15. The molecule has 0 aliphatic rings. The van der Waals surface area contributed by atoms with Crippen LogP contribution in [0.2, 0.25) is 0 Å². The second kappa shape index (κ2) is 6.21. The lowest BCUT2D eigenvalue weighted by molar-refractivity contribution is -0.137. The molecule has 0 fully saturated rings. The summed E-state index contributed by atoms with van der Waals surface area (Å²) in [4.78, 5) is 27.2. The third-order valence-corrected chi connectivity index (χ3v) is 3.20. The summed E-state index contributed by atoms with van der Waals surface area (Å²) in [5.41, 5.74) is 1.10. The van der Waals surface area contributed by atoms with Gasteiger partial charge in [-0.3, -0.25) is 14.2 Å². The van der Waals surface area contributed by atoms with E-state index in [0.29, 0.717) is 5.69 Å². The van der Waals surface area contributed by atoms with Crippen LogP contribution in [0.15, 0.2) is 41.3 Å². The molecule has 0 saturated carbocycles. The molecular formula is C15H17N3O3. The van der Waals surface area contributed by atoms with E-state index < -0.39 is 11.5 Å². The second-order valence-electron chi connectivity index (χ2n) is 4.81. The van der Waals surface area contributed by atoms with Gasteiger partial charge < -0.3 is 10.4 Å². The first kappa shape index (κ1) is 14.8. The number of nitrogens with one attached hydrogen (secondary N) is 1. The van der Waals surface area contributed by atoms with Gasteiger partial charge in [0.15, 0.2) is 5.82 Å². The van der Waals surface area contributed by atoms with E-state index in [0.717, 1.165) is 5.56 Å². The van der Waals surface area contributed by atoms with Gasteiger partial charge in [0, 0.05) is 11.9 Å². The SMILES string of the molecule is Cc1cnc(NC(C)c2ccccc2)c(=O)n1CC(=O)O. The van der Waals surface area contributed by atoms with Crippen LogP contribution in [-0.2, 0) is 11.3 Å². The Bertz CT molecular complexity index is 695. The molecule has 0 spiro atoms. The fourth-order valence-corrected chi connectivity index (χ4v) is 2.03. The summed E-state index contributed by atoms with van der Waals surface area (Å²) in [6.07, 6.45) is 1.49. The molecule has 1 unspecified atom stereocenters. The zero-order valence-electron chi connectivity index (χ0n) is 11.9. The fraction of sp³-hybridized carbons (Fsp3) is 0.267. The van der Waals surface area contributed by atoms with Crippen LogP contribution in [0.3, 0.4) is 0 Å². The van der Waals surface area contributed by atoms with Gasteiger partial charge >= 0.3 is 5.97 Å². The van der Waals surface area contributed by atoms with E-state index in [-0.39, 0.29) is 18.4 Å². The van der Waals surface area contributed by atoms with Crippen molar-refractivity contribution >= 4 is 11.8 Å². The number of aliphatic carboxylic acids is 1. The summed E-state index contributed by atoms with van der Waals surface area (Å²) in [5.74, 6) is -0.910. The molecule has 0 aliphatic heterocycles. The number of carbonyl (C=O) groups is 1. The first-order valence-electron chi connectivity index (χ1n) is 6.58. The molecule has 2 N–H and O–H groups in total. The molecule has 1 atom stereocenters. The number of rotatable bonds is 5. The van der Waals surface area contributed by atoms with Gasteiger partial charge in [0.05, 0.1) is 6.04 Å². The molecule has 1 heterocycles. The molecule has 0 radical (unpaired) electrons. The van der Waals surface area contributed by atoms with Crippen molar-refractivity contribution in [3.63, 3.8) is 0 Å². The fourth-order valence-electron chi connectivity index (χ4n) is 2.03. The highest BCUT2D eigenvalue weighted by atomic mass is 16.4. The van der Waals surface area contributed by atoms with Crippen LogP contribution in [0.5, 0.6) is 0 Å². The van der Waals surface area contributed by atoms with Crippen molar-refractivity contribution in [3.8, 4) is 0 Å². The first-order chi connectivity index (χ1) is 9.99. The van der Waals surface area contributed by atoms with E-state index in [1.165, 1.54) is 10.8 Å². The molecule has 6 nitrogen and oxygen atoms in total. The number of aryl methyl sites for hydroxylation is 1. The Morgan fingerprint density at radius 3 is 2.67 bits per heavy atom. The lowest BCUT2D eigenvalue weighted by Crippen LogP contribution is -2.29. The molecule has 110 valence electrons. The number of hydrogen-bond acceptors (Lipinski definition) is 4. The monoisotopic (exact) mass is 287 g/mol. The standard InChI is InChI=1S/C15H17N3O3/c1-10-8-16-14(15(21)18(10)9-13(19)20)17-11(2)12-6-4-3-5-7-12/h3-8,11H,9H2,1-2H3,(H,16,17)(H,19,20). The number of nitrogens with zero attached hydrogens (tertiary/aromatic N) is 2. The molecule has 0 bridgehead atoms. The van der Waals surface area contributed by atoms with Gasteiger partial charge in [-0.05, 0) is 19.4 Å². The summed E-state index contributed by atoms with van der Waals surface area (Å²) < 4.78 is 1.19. The Labute approximate surface area is 122 Å². The van der Waals surface area contributed by atoms with Crippen molar-refractivity contribution in [1.29, 1.82) is 0 Å². The largest absolute Gasteiger partial charge is 0.480 e. The number of carboxylic acids is 1. The minimum Gasteiger partial charge on any atom is -0.480 e. The number of benzene rings is 1. The van der Waals surface area contributed by atoms with Gasteiger partial charge in [-0.15, -0.1) is 0 Å². The van der Waals surface area contributed by atoms with Crippen LogP contribution in [0.1, 0.15) is 24.2 Å². The maximum absolute atomic E-state index is 12.3. The van der Waals surface area contributed by atoms with E-state index in [1.54, 1.807) is 6.92 Å². The van der Waals surface area contributed by atoms with E-state index in [2.05, 4.69) is 10.3 Å². The van der Waals surface area contributed by atoms with Gasteiger partial charge in [0.1, 0.15) is 6.54 Å². The van der Waals surface area contributed by atoms with Gasteiger partial charge in [-0.25, -0.2) is 4.98 Å². The number of aromatic nitrogens is 2. The predicted molar refractivity (Wildman–Crippen MR) is 79.3 cm³/mol. The molecule has 0 saturated heterocycles. The van der Waals surface area contributed by atoms with Crippen molar-refractivity contribution in [2.75, 3.05) is 5.32 Å². The average molecular weight is 287 g/mol. The molecule has 2 rings (SSSR count). The van der Waals surface area contributed by atoms with Gasteiger partial charge in [0.25, 0.3) is 5.56 Å². The van der Waals surface area contributed by atoms with E-state index in [9.17, 15) is 9.59 Å². The summed E-state index contributed by atoms with van der Waals surface area (Å²) in [5, 5.41) is 11.9. The van der Waals surface area contributed by atoms with Crippen LogP contribution in [0.25, 0.3) is 0 Å². The zero-order valence-corrected chi connectivity index (χ0v) is 11.9. The minimum absolute atomic E-state index is 0.104. The summed E-state index contributed by atoms with van der Waals surface area (Å²) in [7, 11) is 0. The summed E-state index contributed by atoms with van der Waals surface area (Å²) in [6, 6.07) is 9.54. The third kappa shape index (κ3) is 3.47. The van der Waals surface area contributed by atoms with Crippen molar-refractivity contribution in [2.45, 2.75) is 26.4 Å². The Balaban J connectivity index is 2.29. The van der Waals surface area contributed by atoms with Crippen molar-refractivity contribution in [2.24, 2.45) is 0 Å². The maximum atomic E-state index is 12.3. The third-order valence-electron chi connectivity index (χ3n) is 3.20. The summed E-state index contributed by atoms with van der Waals surface area (Å²) in [6.45, 7) is 3.20. The van der Waals surface area contributed by atoms with E-state index in [1.807, 2.05) is 37.3 Å². The molecule has 0 aliphatic carbocycles. The van der Waals surface area contributed by atoms with Crippen molar-refractivity contribution in [3.05, 3.63) is 58.1 Å². The van der Waals surface area contributed by atoms with Crippen LogP contribution in [0.4, 0.5) is 5.82 Å². The van der Waals surface area contributed by atoms with Crippen LogP contribution in [-0.4, -0.2) is 20.6 Å². The lowest BCUT2D eigenvalue weighted by atomic mass is 10.1. The molecule has 21 heavy (non-hydrogen) atoms. The highest BCUT2D eigenvalue weighted by Gasteiger charge is 2.13. The zero-order chi connectivity index (χ0) is 15.4. The molecular weight excluding hydrogens is 270 g/mol. The quantitative estimate of drug-likeness (QED) is 0.876. The Morgan fingerprint density at radius 2 is 2.05 bits per heavy atom. The number of anilines is 1. The maximum Gasteiger partial charge on any atom is 0.323 e. The van der Waals surface area contributed by atoms with Crippen LogP contribution in [0, 0.1) is 6.92 Å². The summed E-state index contributed by atoms with van der Waals surface area (Å²) >= 11 is 0. The molecule has 2 aromatic rings. The van der Waals surface area contributed by atoms with Gasteiger partial charge in [-0.2, -0.15) is 0 Å². The van der Waals surface area contributed by atoms with E-state index in [4.69, 9.17) is 5.11 Å². The van der Waals surface area contributed by atoms with Crippen LogP contribution >= 0.6 is 0 Å². The Kier molecular flexibility index (Phi) is 4.37. The van der Waals surface area contributed by atoms with Crippen molar-refractivity contribution < 1.29 is 9.90 Å². The minimum atomic E-state index is -1.06. The predicted octanol–water partition coefficient (Wildman–Crippen LogP) is 1.81. The molecule has 1 aromatic carbocycles. The van der Waals surface area contributed by atoms with Crippen molar-refractivity contribution in [1.82, 2.24) is 9.55 Å².